The molecule has 0 radical (unpaired) electrons. The second-order valence-corrected chi connectivity index (χ2v) is 7.18. The molecule has 21 heavy (non-hydrogen) atoms. The molecule has 1 atom stereocenters. The van der Waals surface area contributed by atoms with E-state index >= 15 is 0 Å². The standard InChI is InChI=1S/C14H20N2O4S/c1-20-14(17)12-5-2-4-11(8-12)10-21(18,19)16-7-3-6-13(15)9-16/h2,4-5,8,13H,3,6-7,9-10,15H2,1H3. The van der Waals surface area contributed by atoms with Gasteiger partial charge in [0.05, 0.1) is 18.4 Å². The second kappa shape index (κ2) is 6.55. The number of carbonyl (C=O) groups is 1. The fraction of sp³-hybridized carbons (Fsp3) is 0.500. The number of methoxy groups -OCH3 is 1. The molecule has 0 aliphatic carbocycles. The van der Waals surface area contributed by atoms with Crippen molar-refractivity contribution in [2.75, 3.05) is 20.2 Å². The summed E-state index contributed by atoms with van der Waals surface area (Å²) in [7, 11) is -2.12. The second-order valence-electron chi connectivity index (χ2n) is 5.21. The Morgan fingerprint density at radius 1 is 1.48 bits per heavy atom. The monoisotopic (exact) mass is 312 g/mol. The first-order chi connectivity index (χ1) is 9.92. The third kappa shape index (κ3) is 4.03. The van der Waals surface area contributed by atoms with Crippen molar-refractivity contribution in [2.45, 2.75) is 24.6 Å². The van der Waals surface area contributed by atoms with Gasteiger partial charge in [-0.15, -0.1) is 0 Å². The van der Waals surface area contributed by atoms with Crippen molar-refractivity contribution in [1.29, 1.82) is 0 Å². The zero-order chi connectivity index (χ0) is 15.5. The van der Waals surface area contributed by atoms with E-state index in [-0.39, 0.29) is 11.8 Å². The minimum Gasteiger partial charge on any atom is -0.465 e. The molecule has 6 nitrogen and oxygen atoms in total. The van der Waals surface area contributed by atoms with E-state index in [1.165, 1.54) is 11.4 Å². The van der Waals surface area contributed by atoms with Crippen LogP contribution in [0.15, 0.2) is 24.3 Å². The summed E-state index contributed by atoms with van der Waals surface area (Å²) < 4.78 is 30.9. The van der Waals surface area contributed by atoms with Crippen LogP contribution in [-0.2, 0) is 20.5 Å². The number of benzene rings is 1. The lowest BCUT2D eigenvalue weighted by Crippen LogP contribution is -2.46. The van der Waals surface area contributed by atoms with E-state index in [0.717, 1.165) is 12.8 Å². The van der Waals surface area contributed by atoms with Crippen molar-refractivity contribution in [3.05, 3.63) is 35.4 Å². The SMILES string of the molecule is COC(=O)c1cccc(CS(=O)(=O)N2CCCC(N)C2)c1. The molecular formula is C14H20N2O4S. The van der Waals surface area contributed by atoms with Gasteiger partial charge in [0.2, 0.25) is 10.0 Å². The number of hydrogen-bond acceptors (Lipinski definition) is 5. The lowest BCUT2D eigenvalue weighted by Gasteiger charge is -2.29. The molecule has 1 unspecified atom stereocenters. The number of sulfonamides is 1. The average Bonchev–Trinajstić information content (AvgIpc) is 2.46. The Kier molecular flexibility index (Phi) is 4.97. The fourth-order valence-electron chi connectivity index (χ4n) is 2.43. The quantitative estimate of drug-likeness (QED) is 0.828. The van der Waals surface area contributed by atoms with Crippen LogP contribution < -0.4 is 5.73 Å². The van der Waals surface area contributed by atoms with Crippen LogP contribution in [0.4, 0.5) is 0 Å². The van der Waals surface area contributed by atoms with Crippen LogP contribution in [0.2, 0.25) is 0 Å². The van der Waals surface area contributed by atoms with Crippen molar-refractivity contribution in [2.24, 2.45) is 5.73 Å². The number of esters is 1. The predicted molar refractivity (Wildman–Crippen MR) is 79.2 cm³/mol. The molecule has 1 aliphatic heterocycles. The predicted octanol–water partition coefficient (Wildman–Crippen LogP) is 0.726. The first-order valence-electron chi connectivity index (χ1n) is 6.83. The largest absolute Gasteiger partial charge is 0.465 e. The van der Waals surface area contributed by atoms with Crippen molar-refractivity contribution in [3.8, 4) is 0 Å². The number of piperidine rings is 1. The lowest BCUT2D eigenvalue weighted by atomic mass is 10.1. The maximum atomic E-state index is 12.4. The summed E-state index contributed by atoms with van der Waals surface area (Å²) in [6.45, 7) is 0.867. The summed E-state index contributed by atoms with van der Waals surface area (Å²) in [5, 5.41) is 0. The maximum absolute atomic E-state index is 12.4. The lowest BCUT2D eigenvalue weighted by molar-refractivity contribution is 0.0600. The highest BCUT2D eigenvalue weighted by Crippen LogP contribution is 2.17. The van der Waals surface area contributed by atoms with Crippen LogP contribution in [0.25, 0.3) is 0 Å². The summed E-state index contributed by atoms with van der Waals surface area (Å²) in [6, 6.07) is 6.38. The van der Waals surface area contributed by atoms with E-state index in [4.69, 9.17) is 5.73 Å². The Labute approximate surface area is 124 Å². The van der Waals surface area contributed by atoms with Gasteiger partial charge in [-0.1, -0.05) is 12.1 Å². The van der Waals surface area contributed by atoms with Crippen LogP contribution in [-0.4, -0.2) is 44.9 Å². The van der Waals surface area contributed by atoms with Crippen LogP contribution >= 0.6 is 0 Å². The first-order valence-corrected chi connectivity index (χ1v) is 8.44. The highest BCUT2D eigenvalue weighted by Gasteiger charge is 2.27. The van der Waals surface area contributed by atoms with Gasteiger partial charge in [0, 0.05) is 19.1 Å². The van der Waals surface area contributed by atoms with Gasteiger partial charge in [-0.05, 0) is 30.5 Å². The van der Waals surface area contributed by atoms with E-state index in [0.29, 0.717) is 24.2 Å². The van der Waals surface area contributed by atoms with E-state index in [2.05, 4.69) is 4.74 Å². The number of nitrogens with two attached hydrogens (primary N) is 1. The van der Waals surface area contributed by atoms with E-state index < -0.39 is 16.0 Å². The van der Waals surface area contributed by atoms with Gasteiger partial charge in [-0.2, -0.15) is 0 Å². The van der Waals surface area contributed by atoms with Gasteiger partial charge >= 0.3 is 5.97 Å². The number of rotatable bonds is 4. The number of hydrogen-bond donors (Lipinski definition) is 1. The molecule has 7 heteroatoms. The van der Waals surface area contributed by atoms with Gasteiger partial charge in [-0.3, -0.25) is 0 Å². The van der Waals surface area contributed by atoms with Gasteiger partial charge in [0.1, 0.15) is 0 Å². The van der Waals surface area contributed by atoms with Crippen LogP contribution in [0.5, 0.6) is 0 Å². The third-order valence-corrected chi connectivity index (χ3v) is 5.33. The fourth-order valence-corrected chi connectivity index (χ4v) is 4.04. The zero-order valence-corrected chi connectivity index (χ0v) is 12.8. The molecular weight excluding hydrogens is 292 g/mol. The van der Waals surface area contributed by atoms with Gasteiger partial charge in [0.15, 0.2) is 0 Å². The average molecular weight is 312 g/mol. The van der Waals surface area contributed by atoms with Crippen LogP contribution in [0.1, 0.15) is 28.8 Å². The minimum absolute atomic E-state index is 0.102. The number of carbonyl (C=O) groups excluding carboxylic acids is 1. The number of ether oxygens (including phenoxy) is 1. The third-order valence-electron chi connectivity index (χ3n) is 3.51. The molecule has 0 bridgehead atoms. The van der Waals surface area contributed by atoms with Crippen molar-refractivity contribution >= 4 is 16.0 Å². The van der Waals surface area contributed by atoms with Crippen molar-refractivity contribution in [3.63, 3.8) is 0 Å². The molecule has 116 valence electrons. The highest BCUT2D eigenvalue weighted by molar-refractivity contribution is 7.88. The summed E-state index contributed by atoms with van der Waals surface area (Å²) in [5.41, 5.74) is 6.74. The maximum Gasteiger partial charge on any atom is 0.337 e. The Bertz CT molecular complexity index is 615. The molecule has 0 saturated carbocycles. The van der Waals surface area contributed by atoms with Crippen molar-refractivity contribution in [1.82, 2.24) is 4.31 Å². The molecule has 2 rings (SSSR count). The summed E-state index contributed by atoms with van der Waals surface area (Å²) in [5.74, 6) is -0.612. The Hall–Kier alpha value is -1.44. The minimum atomic E-state index is -3.42. The number of nitrogens with zero attached hydrogens (tertiary/aromatic N) is 1. The molecule has 0 aromatic heterocycles. The molecule has 1 fully saturated rings. The molecule has 1 aliphatic rings. The highest BCUT2D eigenvalue weighted by atomic mass is 32.2. The molecule has 0 amide bonds. The topological polar surface area (TPSA) is 89.7 Å². The van der Waals surface area contributed by atoms with Crippen molar-refractivity contribution < 1.29 is 17.9 Å². The molecule has 1 aromatic rings. The van der Waals surface area contributed by atoms with Gasteiger partial charge in [0.25, 0.3) is 0 Å². The smallest absolute Gasteiger partial charge is 0.337 e. The molecule has 0 spiro atoms. The normalized spacial score (nSPS) is 20.2. The van der Waals surface area contributed by atoms with E-state index in [1.54, 1.807) is 24.3 Å². The van der Waals surface area contributed by atoms with Crippen LogP contribution in [0, 0.1) is 0 Å². The molecule has 1 heterocycles. The summed E-state index contributed by atoms with van der Waals surface area (Å²) in [6.07, 6.45) is 1.63. The Morgan fingerprint density at radius 3 is 2.90 bits per heavy atom. The van der Waals surface area contributed by atoms with E-state index in [1.807, 2.05) is 0 Å². The summed E-state index contributed by atoms with van der Waals surface area (Å²) >= 11 is 0. The molecule has 1 aromatic carbocycles. The first kappa shape index (κ1) is 15.9. The summed E-state index contributed by atoms with van der Waals surface area (Å²) in [4.78, 5) is 11.5. The van der Waals surface area contributed by atoms with Crippen LogP contribution in [0.3, 0.4) is 0 Å². The zero-order valence-electron chi connectivity index (χ0n) is 12.0. The Balaban J connectivity index is 2.14. The van der Waals surface area contributed by atoms with Gasteiger partial charge < -0.3 is 10.5 Å². The molecule has 2 N–H and O–H groups in total. The Morgan fingerprint density at radius 2 is 2.24 bits per heavy atom. The van der Waals surface area contributed by atoms with E-state index in [9.17, 15) is 13.2 Å². The molecule has 1 saturated heterocycles. The van der Waals surface area contributed by atoms with Gasteiger partial charge in [-0.25, -0.2) is 17.5 Å².